The van der Waals surface area contributed by atoms with Crippen LogP contribution in [0.2, 0.25) is 0 Å². The van der Waals surface area contributed by atoms with Gasteiger partial charge in [0.25, 0.3) is 5.91 Å². The molecule has 0 aliphatic heterocycles. The average Bonchev–Trinajstić information content (AvgIpc) is 3.17. The van der Waals surface area contributed by atoms with E-state index in [0.29, 0.717) is 5.76 Å². The number of carbonyl (C=O) groups excluding carboxylic acids is 1. The zero-order valence-electron chi connectivity index (χ0n) is 14.3. The smallest absolute Gasteiger partial charge is 0.276 e. The average molecular weight is 337 g/mol. The molecule has 0 saturated carbocycles. The van der Waals surface area contributed by atoms with Crippen molar-refractivity contribution in [1.82, 2.24) is 15.0 Å². The lowest BCUT2D eigenvalue weighted by Crippen LogP contribution is -2.30. The molecule has 128 valence electrons. The van der Waals surface area contributed by atoms with Crippen LogP contribution in [-0.2, 0) is 0 Å². The molecule has 6 heteroatoms. The van der Waals surface area contributed by atoms with Gasteiger partial charge >= 0.3 is 0 Å². The highest BCUT2D eigenvalue weighted by Gasteiger charge is 2.24. The van der Waals surface area contributed by atoms with E-state index in [4.69, 9.17) is 9.26 Å². The minimum absolute atomic E-state index is 0.179. The molecular weight excluding hydrogens is 318 g/mol. The van der Waals surface area contributed by atoms with Crippen molar-refractivity contribution in [2.75, 3.05) is 14.2 Å². The second-order valence-electron chi connectivity index (χ2n) is 5.65. The van der Waals surface area contributed by atoms with Gasteiger partial charge in [-0.25, -0.2) is 0 Å². The van der Waals surface area contributed by atoms with Crippen LogP contribution in [0.25, 0.3) is 11.3 Å². The van der Waals surface area contributed by atoms with Crippen LogP contribution in [0.4, 0.5) is 0 Å². The number of nitrogens with zero attached hydrogens (tertiary/aromatic N) is 3. The number of rotatable bonds is 5. The van der Waals surface area contributed by atoms with E-state index in [0.717, 1.165) is 16.9 Å². The minimum Gasteiger partial charge on any atom is -0.496 e. The van der Waals surface area contributed by atoms with E-state index >= 15 is 0 Å². The molecule has 25 heavy (non-hydrogen) atoms. The second kappa shape index (κ2) is 7.17. The summed E-state index contributed by atoms with van der Waals surface area (Å²) in [7, 11) is 3.35. The van der Waals surface area contributed by atoms with Gasteiger partial charge in [0, 0.05) is 36.6 Å². The largest absolute Gasteiger partial charge is 0.496 e. The van der Waals surface area contributed by atoms with E-state index in [1.165, 1.54) is 0 Å². The second-order valence-corrected chi connectivity index (χ2v) is 5.65. The van der Waals surface area contributed by atoms with Gasteiger partial charge in [0.2, 0.25) is 0 Å². The van der Waals surface area contributed by atoms with Crippen LogP contribution >= 0.6 is 0 Å². The first-order chi connectivity index (χ1) is 12.1. The van der Waals surface area contributed by atoms with Crippen LogP contribution in [0.5, 0.6) is 5.75 Å². The van der Waals surface area contributed by atoms with Gasteiger partial charge in [-0.3, -0.25) is 9.78 Å². The van der Waals surface area contributed by atoms with Gasteiger partial charge in [0.15, 0.2) is 11.5 Å². The standard InChI is InChI=1S/C19H19N3O3/c1-13(15-8-4-5-9-17(15)24-3)22(2)19(23)16-11-18(25-21-16)14-7-6-10-20-12-14/h4-13H,1-3H3. The Balaban J connectivity index is 1.82. The van der Waals surface area contributed by atoms with Crippen molar-refractivity contribution in [2.45, 2.75) is 13.0 Å². The molecule has 0 aliphatic carbocycles. The lowest BCUT2D eigenvalue weighted by atomic mass is 10.1. The third-order valence-electron chi connectivity index (χ3n) is 4.17. The Morgan fingerprint density at radius 3 is 2.76 bits per heavy atom. The third kappa shape index (κ3) is 3.38. The van der Waals surface area contributed by atoms with Gasteiger partial charge in [-0.05, 0) is 25.1 Å². The number of hydrogen-bond acceptors (Lipinski definition) is 5. The molecule has 1 amide bonds. The highest BCUT2D eigenvalue weighted by Crippen LogP contribution is 2.29. The van der Waals surface area contributed by atoms with Crippen LogP contribution < -0.4 is 4.74 Å². The van der Waals surface area contributed by atoms with Crippen LogP contribution in [0.1, 0.15) is 29.0 Å². The number of para-hydroxylation sites is 1. The molecule has 3 rings (SSSR count). The van der Waals surface area contributed by atoms with Gasteiger partial charge in [0.1, 0.15) is 5.75 Å². The first-order valence-electron chi connectivity index (χ1n) is 7.89. The highest BCUT2D eigenvalue weighted by molar-refractivity contribution is 5.93. The fraction of sp³-hybridized carbons (Fsp3) is 0.211. The summed E-state index contributed by atoms with van der Waals surface area (Å²) in [6, 6.07) is 12.7. The van der Waals surface area contributed by atoms with Crippen LogP contribution in [0.3, 0.4) is 0 Å². The Labute approximate surface area is 146 Å². The lowest BCUT2D eigenvalue weighted by molar-refractivity contribution is 0.0730. The third-order valence-corrected chi connectivity index (χ3v) is 4.17. The molecule has 2 aromatic heterocycles. The summed E-state index contributed by atoms with van der Waals surface area (Å²) in [5.41, 5.74) is 1.95. The first kappa shape index (κ1) is 16.7. The van der Waals surface area contributed by atoms with E-state index in [1.54, 1.807) is 43.6 Å². The highest BCUT2D eigenvalue weighted by atomic mass is 16.5. The summed E-state index contributed by atoms with van der Waals surface area (Å²) in [5, 5.41) is 3.91. The maximum Gasteiger partial charge on any atom is 0.276 e. The van der Waals surface area contributed by atoms with Crippen molar-refractivity contribution in [2.24, 2.45) is 0 Å². The summed E-state index contributed by atoms with van der Waals surface area (Å²) in [4.78, 5) is 18.4. The Hall–Kier alpha value is -3.15. The Morgan fingerprint density at radius 1 is 1.24 bits per heavy atom. The first-order valence-corrected chi connectivity index (χ1v) is 7.89. The Kier molecular flexibility index (Phi) is 4.79. The van der Waals surface area contributed by atoms with Crippen molar-refractivity contribution >= 4 is 5.91 Å². The molecule has 0 spiro atoms. The molecule has 1 unspecified atom stereocenters. The summed E-state index contributed by atoms with van der Waals surface area (Å²) in [6.45, 7) is 1.94. The molecule has 2 heterocycles. The molecule has 0 saturated heterocycles. The van der Waals surface area contributed by atoms with Crippen molar-refractivity contribution in [3.8, 4) is 17.1 Å². The maximum absolute atomic E-state index is 12.8. The van der Waals surface area contributed by atoms with E-state index in [9.17, 15) is 4.79 Å². The number of carbonyl (C=O) groups is 1. The fourth-order valence-electron chi connectivity index (χ4n) is 2.60. The van der Waals surface area contributed by atoms with E-state index in [1.807, 2.05) is 37.3 Å². The van der Waals surface area contributed by atoms with Gasteiger partial charge in [-0.2, -0.15) is 0 Å². The number of amides is 1. The van der Waals surface area contributed by atoms with Crippen molar-refractivity contribution < 1.29 is 14.1 Å². The van der Waals surface area contributed by atoms with Crippen molar-refractivity contribution in [3.05, 3.63) is 66.1 Å². The summed E-state index contributed by atoms with van der Waals surface area (Å²) >= 11 is 0. The van der Waals surface area contributed by atoms with Crippen molar-refractivity contribution in [1.29, 1.82) is 0 Å². The van der Waals surface area contributed by atoms with E-state index in [-0.39, 0.29) is 17.6 Å². The predicted molar refractivity (Wildman–Crippen MR) is 93.2 cm³/mol. The Morgan fingerprint density at radius 2 is 2.04 bits per heavy atom. The van der Waals surface area contributed by atoms with Crippen LogP contribution in [-0.4, -0.2) is 35.1 Å². The SMILES string of the molecule is COc1ccccc1C(C)N(C)C(=O)c1cc(-c2cccnc2)on1. The molecule has 6 nitrogen and oxygen atoms in total. The van der Waals surface area contributed by atoms with Crippen molar-refractivity contribution in [3.63, 3.8) is 0 Å². The molecule has 0 bridgehead atoms. The zero-order chi connectivity index (χ0) is 17.8. The fourth-order valence-corrected chi connectivity index (χ4v) is 2.60. The molecule has 0 radical (unpaired) electrons. The maximum atomic E-state index is 12.8. The summed E-state index contributed by atoms with van der Waals surface area (Å²) in [5.74, 6) is 1.03. The normalized spacial score (nSPS) is 11.8. The monoisotopic (exact) mass is 337 g/mol. The molecule has 1 aromatic carbocycles. The number of hydrogen-bond donors (Lipinski definition) is 0. The molecule has 0 aliphatic rings. The topological polar surface area (TPSA) is 68.5 Å². The van der Waals surface area contributed by atoms with Crippen LogP contribution in [0.15, 0.2) is 59.4 Å². The predicted octanol–water partition coefficient (Wildman–Crippen LogP) is 3.58. The van der Waals surface area contributed by atoms with Crippen LogP contribution in [0, 0.1) is 0 Å². The van der Waals surface area contributed by atoms with E-state index < -0.39 is 0 Å². The lowest BCUT2D eigenvalue weighted by Gasteiger charge is -2.25. The van der Waals surface area contributed by atoms with Gasteiger partial charge < -0.3 is 14.2 Å². The number of benzene rings is 1. The molecule has 0 N–H and O–H groups in total. The summed E-state index contributed by atoms with van der Waals surface area (Å²) in [6.07, 6.45) is 3.34. The number of ether oxygens (including phenoxy) is 1. The van der Waals surface area contributed by atoms with Gasteiger partial charge in [-0.15, -0.1) is 0 Å². The van der Waals surface area contributed by atoms with Gasteiger partial charge in [-0.1, -0.05) is 23.4 Å². The number of methoxy groups -OCH3 is 1. The minimum atomic E-state index is -0.225. The zero-order valence-corrected chi connectivity index (χ0v) is 14.3. The molecule has 1 atom stereocenters. The summed E-state index contributed by atoms with van der Waals surface area (Å²) < 4.78 is 10.7. The number of aromatic nitrogens is 2. The molecule has 0 fully saturated rings. The quantitative estimate of drug-likeness (QED) is 0.712. The molecule has 3 aromatic rings. The van der Waals surface area contributed by atoms with E-state index in [2.05, 4.69) is 10.1 Å². The number of pyridine rings is 1. The van der Waals surface area contributed by atoms with Gasteiger partial charge in [0.05, 0.1) is 13.2 Å². The molecular formula is C19H19N3O3. The Bertz CT molecular complexity index is 861.